The minimum absolute atomic E-state index is 0.0422. The normalized spacial score (nSPS) is 21.7. The molecule has 1 atom stereocenters. The van der Waals surface area contributed by atoms with E-state index in [4.69, 9.17) is 4.74 Å². The van der Waals surface area contributed by atoms with Crippen molar-refractivity contribution in [3.8, 4) is 0 Å². The third-order valence-electron chi connectivity index (χ3n) is 4.79. The number of amides is 2. The zero-order valence-corrected chi connectivity index (χ0v) is 13.9. The molecule has 2 amide bonds. The summed E-state index contributed by atoms with van der Waals surface area (Å²) in [6, 6.07) is 3.64. The van der Waals surface area contributed by atoms with E-state index >= 15 is 0 Å². The minimum Gasteiger partial charge on any atom is -0.378 e. The van der Waals surface area contributed by atoms with E-state index in [9.17, 15) is 9.59 Å². The highest BCUT2D eigenvalue weighted by atomic mass is 16.5. The van der Waals surface area contributed by atoms with Crippen molar-refractivity contribution >= 4 is 11.8 Å². The zero-order chi connectivity index (χ0) is 16.8. The molecule has 0 aromatic carbocycles. The molecule has 3 rings (SSSR count). The number of piperidine rings is 1. The van der Waals surface area contributed by atoms with Crippen LogP contribution in [0, 0.1) is 0 Å². The van der Waals surface area contributed by atoms with E-state index in [1.54, 1.807) is 24.5 Å². The SMILES string of the molecule is O=C(CC[C@@H]1CCCO1)NC1CCN(C(=O)c2ccncc2)CC1. The molecule has 2 saturated heterocycles. The van der Waals surface area contributed by atoms with E-state index in [0.29, 0.717) is 25.1 Å². The van der Waals surface area contributed by atoms with E-state index in [0.717, 1.165) is 38.7 Å². The van der Waals surface area contributed by atoms with Crippen LogP contribution in [0.4, 0.5) is 0 Å². The van der Waals surface area contributed by atoms with Gasteiger partial charge in [-0.3, -0.25) is 14.6 Å². The number of hydrogen-bond acceptors (Lipinski definition) is 4. The Bertz CT molecular complexity index is 550. The maximum Gasteiger partial charge on any atom is 0.253 e. The Labute approximate surface area is 142 Å². The summed E-state index contributed by atoms with van der Waals surface area (Å²) in [6.45, 7) is 2.19. The molecule has 0 unspecified atom stereocenters. The van der Waals surface area contributed by atoms with Gasteiger partial charge in [0.2, 0.25) is 5.91 Å². The van der Waals surface area contributed by atoms with E-state index in [1.807, 2.05) is 4.90 Å². The first-order chi connectivity index (χ1) is 11.7. The van der Waals surface area contributed by atoms with Crippen LogP contribution in [0.1, 0.15) is 48.9 Å². The van der Waals surface area contributed by atoms with Gasteiger partial charge < -0.3 is 15.0 Å². The summed E-state index contributed by atoms with van der Waals surface area (Å²) in [5.41, 5.74) is 0.670. The van der Waals surface area contributed by atoms with Crippen LogP contribution in [0.15, 0.2) is 24.5 Å². The van der Waals surface area contributed by atoms with Gasteiger partial charge >= 0.3 is 0 Å². The van der Waals surface area contributed by atoms with Crippen LogP contribution in [-0.2, 0) is 9.53 Å². The standard InChI is InChI=1S/C18H25N3O3/c22-17(4-3-16-2-1-13-24-16)20-15-7-11-21(12-8-15)18(23)14-5-9-19-10-6-14/h5-6,9-10,15-16H,1-4,7-8,11-13H2,(H,20,22)/t16-/m0/s1. The van der Waals surface area contributed by atoms with E-state index in [1.165, 1.54) is 0 Å². The number of ether oxygens (including phenoxy) is 1. The van der Waals surface area contributed by atoms with Gasteiger partial charge in [-0.25, -0.2) is 0 Å². The molecule has 0 aliphatic carbocycles. The fourth-order valence-electron chi connectivity index (χ4n) is 3.37. The lowest BCUT2D eigenvalue weighted by atomic mass is 10.0. The number of aromatic nitrogens is 1. The van der Waals surface area contributed by atoms with Crippen LogP contribution >= 0.6 is 0 Å². The first-order valence-corrected chi connectivity index (χ1v) is 8.82. The van der Waals surface area contributed by atoms with Gasteiger partial charge in [-0.2, -0.15) is 0 Å². The lowest BCUT2D eigenvalue weighted by molar-refractivity contribution is -0.122. The highest BCUT2D eigenvalue weighted by molar-refractivity contribution is 5.94. The number of likely N-dealkylation sites (tertiary alicyclic amines) is 1. The smallest absolute Gasteiger partial charge is 0.253 e. The molecule has 1 aromatic rings. The topological polar surface area (TPSA) is 71.5 Å². The summed E-state index contributed by atoms with van der Waals surface area (Å²) in [6.07, 6.45) is 8.66. The highest BCUT2D eigenvalue weighted by Crippen LogP contribution is 2.17. The first kappa shape index (κ1) is 16.9. The van der Waals surface area contributed by atoms with Gasteiger partial charge in [-0.05, 0) is 44.2 Å². The van der Waals surface area contributed by atoms with Gasteiger partial charge in [0.25, 0.3) is 5.91 Å². The Hall–Kier alpha value is -1.95. The molecule has 130 valence electrons. The van der Waals surface area contributed by atoms with Gasteiger partial charge in [0.15, 0.2) is 0 Å². The monoisotopic (exact) mass is 331 g/mol. The Morgan fingerprint density at radius 3 is 2.62 bits per heavy atom. The number of rotatable bonds is 5. The maximum atomic E-state index is 12.4. The van der Waals surface area contributed by atoms with Crippen molar-refractivity contribution in [1.82, 2.24) is 15.2 Å². The summed E-state index contributed by atoms with van der Waals surface area (Å²) >= 11 is 0. The largest absolute Gasteiger partial charge is 0.378 e. The van der Waals surface area contributed by atoms with Gasteiger partial charge in [0, 0.05) is 50.1 Å². The average Bonchev–Trinajstić information content (AvgIpc) is 3.14. The number of nitrogens with zero attached hydrogens (tertiary/aromatic N) is 2. The second kappa shape index (κ2) is 8.24. The summed E-state index contributed by atoms with van der Waals surface area (Å²) in [5.74, 6) is 0.143. The third-order valence-corrected chi connectivity index (χ3v) is 4.79. The first-order valence-electron chi connectivity index (χ1n) is 8.82. The highest BCUT2D eigenvalue weighted by Gasteiger charge is 2.25. The predicted molar refractivity (Wildman–Crippen MR) is 89.5 cm³/mol. The Morgan fingerprint density at radius 1 is 1.21 bits per heavy atom. The van der Waals surface area contributed by atoms with Crippen LogP contribution < -0.4 is 5.32 Å². The Balaban J connectivity index is 1.38. The molecule has 2 fully saturated rings. The average molecular weight is 331 g/mol. The molecule has 6 heteroatoms. The molecule has 0 bridgehead atoms. The second-order valence-electron chi connectivity index (χ2n) is 6.54. The van der Waals surface area contributed by atoms with Crippen molar-refractivity contribution in [1.29, 1.82) is 0 Å². The van der Waals surface area contributed by atoms with Gasteiger partial charge in [0.1, 0.15) is 0 Å². The van der Waals surface area contributed by atoms with E-state index < -0.39 is 0 Å². The molecule has 1 N–H and O–H groups in total. The molecule has 6 nitrogen and oxygen atoms in total. The third kappa shape index (κ3) is 4.54. The lowest BCUT2D eigenvalue weighted by Crippen LogP contribution is -2.46. The van der Waals surface area contributed by atoms with Crippen LogP contribution in [0.5, 0.6) is 0 Å². The molecule has 2 aliphatic heterocycles. The molecular formula is C18H25N3O3. The molecular weight excluding hydrogens is 306 g/mol. The van der Waals surface area contributed by atoms with E-state index in [2.05, 4.69) is 10.3 Å². The van der Waals surface area contributed by atoms with Crippen molar-refractivity contribution in [3.05, 3.63) is 30.1 Å². The minimum atomic E-state index is 0.0422. The number of nitrogens with one attached hydrogen (secondary N) is 1. The summed E-state index contributed by atoms with van der Waals surface area (Å²) in [4.78, 5) is 30.2. The molecule has 2 aliphatic rings. The lowest BCUT2D eigenvalue weighted by Gasteiger charge is -2.32. The van der Waals surface area contributed by atoms with Crippen molar-refractivity contribution in [2.24, 2.45) is 0 Å². The number of carbonyl (C=O) groups excluding carboxylic acids is 2. The fraction of sp³-hybridized carbons (Fsp3) is 0.611. The van der Waals surface area contributed by atoms with Crippen molar-refractivity contribution in [3.63, 3.8) is 0 Å². The number of carbonyl (C=O) groups is 2. The van der Waals surface area contributed by atoms with Gasteiger partial charge in [-0.15, -0.1) is 0 Å². The summed E-state index contributed by atoms with van der Waals surface area (Å²) in [7, 11) is 0. The van der Waals surface area contributed by atoms with Gasteiger partial charge in [-0.1, -0.05) is 0 Å². The van der Waals surface area contributed by atoms with Crippen LogP contribution in [0.3, 0.4) is 0 Å². The molecule has 24 heavy (non-hydrogen) atoms. The van der Waals surface area contributed by atoms with E-state index in [-0.39, 0.29) is 24.0 Å². The maximum absolute atomic E-state index is 12.4. The number of hydrogen-bond donors (Lipinski definition) is 1. The van der Waals surface area contributed by atoms with Crippen molar-refractivity contribution in [2.75, 3.05) is 19.7 Å². The zero-order valence-electron chi connectivity index (χ0n) is 13.9. The number of pyridine rings is 1. The van der Waals surface area contributed by atoms with Crippen molar-refractivity contribution < 1.29 is 14.3 Å². The van der Waals surface area contributed by atoms with Crippen LogP contribution in [0.25, 0.3) is 0 Å². The molecule has 0 saturated carbocycles. The fourth-order valence-corrected chi connectivity index (χ4v) is 3.37. The predicted octanol–water partition coefficient (Wildman–Crippen LogP) is 1.76. The molecule has 3 heterocycles. The second-order valence-corrected chi connectivity index (χ2v) is 6.54. The Morgan fingerprint density at radius 2 is 1.96 bits per heavy atom. The summed E-state index contributed by atoms with van der Waals surface area (Å²) in [5, 5.41) is 3.10. The Kier molecular flexibility index (Phi) is 5.80. The molecule has 0 radical (unpaired) electrons. The van der Waals surface area contributed by atoms with Gasteiger partial charge in [0.05, 0.1) is 6.10 Å². The summed E-state index contributed by atoms with van der Waals surface area (Å²) < 4.78 is 5.55. The molecule has 0 spiro atoms. The molecule has 1 aromatic heterocycles. The van der Waals surface area contributed by atoms with Crippen LogP contribution in [-0.4, -0.2) is 53.5 Å². The van der Waals surface area contributed by atoms with Crippen molar-refractivity contribution in [2.45, 2.75) is 50.7 Å². The quantitative estimate of drug-likeness (QED) is 0.892. The van der Waals surface area contributed by atoms with Crippen LogP contribution in [0.2, 0.25) is 0 Å².